The zero-order chi connectivity index (χ0) is 20.6. The van der Waals surface area contributed by atoms with Crippen molar-refractivity contribution in [3.8, 4) is 22.3 Å². The van der Waals surface area contributed by atoms with Crippen molar-refractivity contribution in [2.45, 2.75) is 26.2 Å². The monoisotopic (exact) mass is 447 g/mol. The SMILES string of the molecule is [C-]#[N+]c1c(-c2c(Cl)cccc2Cl)cc(C(C)(C)C)cc1-c1c(Cl)cccc1Cl. The van der Waals surface area contributed by atoms with Crippen LogP contribution >= 0.6 is 46.4 Å². The second-order valence-corrected chi connectivity index (χ2v) is 9.10. The van der Waals surface area contributed by atoms with Crippen LogP contribution < -0.4 is 0 Å². The highest BCUT2D eigenvalue weighted by molar-refractivity contribution is 6.41. The molecule has 3 aromatic carbocycles. The summed E-state index contributed by atoms with van der Waals surface area (Å²) in [5.41, 5.74) is 3.87. The van der Waals surface area contributed by atoms with Gasteiger partial charge >= 0.3 is 0 Å². The zero-order valence-corrected chi connectivity index (χ0v) is 18.6. The Morgan fingerprint density at radius 2 is 1.07 bits per heavy atom. The lowest BCUT2D eigenvalue weighted by molar-refractivity contribution is 0.591. The van der Waals surface area contributed by atoms with E-state index in [2.05, 4.69) is 25.6 Å². The second kappa shape index (κ2) is 7.97. The average molecular weight is 449 g/mol. The van der Waals surface area contributed by atoms with Crippen molar-refractivity contribution in [2.24, 2.45) is 0 Å². The fraction of sp³-hybridized carbons (Fsp3) is 0.174. The van der Waals surface area contributed by atoms with Gasteiger partial charge < -0.3 is 0 Å². The van der Waals surface area contributed by atoms with Gasteiger partial charge in [-0.3, -0.25) is 0 Å². The van der Waals surface area contributed by atoms with Gasteiger partial charge in [0.25, 0.3) is 0 Å². The Hall–Kier alpha value is -1.69. The number of hydrogen-bond donors (Lipinski definition) is 0. The largest absolute Gasteiger partial charge is 0.237 e. The van der Waals surface area contributed by atoms with Crippen LogP contribution in [0.15, 0.2) is 48.5 Å². The normalized spacial score (nSPS) is 11.4. The molecular formula is C23H17Cl4N. The van der Waals surface area contributed by atoms with E-state index in [0.717, 1.165) is 5.56 Å². The van der Waals surface area contributed by atoms with E-state index in [4.69, 9.17) is 53.0 Å². The lowest BCUT2D eigenvalue weighted by Crippen LogP contribution is -2.11. The van der Waals surface area contributed by atoms with Gasteiger partial charge in [-0.2, -0.15) is 0 Å². The average Bonchev–Trinajstić information content (AvgIpc) is 2.60. The summed E-state index contributed by atoms with van der Waals surface area (Å²) in [6.07, 6.45) is 0. The molecule has 0 aliphatic rings. The maximum absolute atomic E-state index is 7.89. The summed E-state index contributed by atoms with van der Waals surface area (Å²) in [6.45, 7) is 14.2. The molecule has 0 aliphatic carbocycles. The van der Waals surface area contributed by atoms with Crippen molar-refractivity contribution < 1.29 is 0 Å². The van der Waals surface area contributed by atoms with Gasteiger partial charge in [0.15, 0.2) is 0 Å². The number of hydrogen-bond acceptors (Lipinski definition) is 0. The summed E-state index contributed by atoms with van der Waals surface area (Å²) in [5, 5.41) is 1.94. The van der Waals surface area contributed by atoms with E-state index < -0.39 is 0 Å². The minimum Gasteiger partial charge on any atom is -0.237 e. The lowest BCUT2D eigenvalue weighted by Gasteiger charge is -2.24. The first kappa shape index (κ1) is 21.0. The number of nitrogens with zero attached hydrogens (tertiary/aromatic N) is 1. The van der Waals surface area contributed by atoms with Gasteiger partial charge in [0.05, 0.1) is 6.57 Å². The van der Waals surface area contributed by atoms with E-state index in [1.165, 1.54) is 0 Å². The van der Waals surface area contributed by atoms with Crippen molar-refractivity contribution in [3.63, 3.8) is 0 Å². The first-order valence-corrected chi connectivity index (χ1v) is 10.1. The van der Waals surface area contributed by atoms with E-state index in [9.17, 15) is 0 Å². The van der Waals surface area contributed by atoms with Crippen molar-refractivity contribution in [2.75, 3.05) is 0 Å². The summed E-state index contributed by atoms with van der Waals surface area (Å²) >= 11 is 25.9. The molecule has 0 fully saturated rings. The van der Waals surface area contributed by atoms with Gasteiger partial charge in [-0.15, -0.1) is 0 Å². The summed E-state index contributed by atoms with van der Waals surface area (Å²) in [6, 6.07) is 14.6. The van der Waals surface area contributed by atoms with E-state index in [1.54, 1.807) is 36.4 Å². The lowest BCUT2D eigenvalue weighted by atomic mass is 9.82. The molecule has 0 unspecified atom stereocenters. The van der Waals surface area contributed by atoms with E-state index in [0.29, 0.717) is 48.0 Å². The number of rotatable bonds is 2. The molecule has 142 valence electrons. The van der Waals surface area contributed by atoms with Crippen LogP contribution in [0.2, 0.25) is 20.1 Å². The molecule has 0 saturated heterocycles. The van der Waals surface area contributed by atoms with Crippen molar-refractivity contribution in [3.05, 3.63) is 85.6 Å². The van der Waals surface area contributed by atoms with Crippen LogP contribution in [0.1, 0.15) is 26.3 Å². The van der Waals surface area contributed by atoms with Crippen LogP contribution in [0.25, 0.3) is 27.1 Å². The van der Waals surface area contributed by atoms with E-state index >= 15 is 0 Å². The highest BCUT2D eigenvalue weighted by atomic mass is 35.5. The predicted octanol–water partition coefficient (Wildman–Crippen LogP) is 9.48. The Bertz CT molecular complexity index is 992. The van der Waals surface area contributed by atoms with Gasteiger partial charge in [0, 0.05) is 31.2 Å². The van der Waals surface area contributed by atoms with Crippen molar-refractivity contribution in [1.29, 1.82) is 0 Å². The van der Waals surface area contributed by atoms with Crippen LogP contribution in [0, 0.1) is 6.57 Å². The molecule has 1 nitrogen and oxygen atoms in total. The molecule has 0 bridgehead atoms. The van der Waals surface area contributed by atoms with Crippen molar-refractivity contribution >= 4 is 52.1 Å². The Labute approximate surface area is 185 Å². The van der Waals surface area contributed by atoms with Gasteiger partial charge in [-0.1, -0.05) is 91.4 Å². The molecule has 0 atom stereocenters. The summed E-state index contributed by atoms with van der Waals surface area (Å²) in [7, 11) is 0. The third-order valence-electron chi connectivity index (χ3n) is 4.55. The minimum atomic E-state index is -0.175. The van der Waals surface area contributed by atoms with Crippen LogP contribution in [-0.2, 0) is 5.41 Å². The molecular weight excluding hydrogens is 432 g/mol. The van der Waals surface area contributed by atoms with Gasteiger partial charge in [0.1, 0.15) is 0 Å². The Morgan fingerprint density at radius 1 is 0.714 bits per heavy atom. The maximum atomic E-state index is 7.89. The molecule has 0 spiro atoms. The van der Waals surface area contributed by atoms with Crippen molar-refractivity contribution in [1.82, 2.24) is 0 Å². The molecule has 3 rings (SSSR count). The molecule has 0 aliphatic heterocycles. The fourth-order valence-electron chi connectivity index (χ4n) is 3.08. The third kappa shape index (κ3) is 3.88. The molecule has 0 aromatic heterocycles. The first-order valence-electron chi connectivity index (χ1n) is 8.60. The zero-order valence-electron chi connectivity index (χ0n) is 15.6. The smallest absolute Gasteiger partial charge is 0.202 e. The predicted molar refractivity (Wildman–Crippen MR) is 122 cm³/mol. The molecule has 3 aromatic rings. The molecule has 0 radical (unpaired) electrons. The van der Waals surface area contributed by atoms with Gasteiger partial charge in [-0.05, 0) is 46.4 Å². The molecule has 28 heavy (non-hydrogen) atoms. The number of benzene rings is 3. The fourth-order valence-corrected chi connectivity index (χ4v) is 4.28. The van der Waals surface area contributed by atoms with Gasteiger partial charge in [0.2, 0.25) is 5.69 Å². The Morgan fingerprint density at radius 3 is 1.36 bits per heavy atom. The Kier molecular flexibility index (Phi) is 5.99. The summed E-state index contributed by atoms with van der Waals surface area (Å²) in [5.74, 6) is 0. The summed E-state index contributed by atoms with van der Waals surface area (Å²) < 4.78 is 0. The van der Waals surface area contributed by atoms with E-state index in [-0.39, 0.29) is 5.41 Å². The minimum absolute atomic E-state index is 0.175. The Balaban J connectivity index is 2.50. The molecule has 0 N–H and O–H groups in total. The third-order valence-corrected chi connectivity index (χ3v) is 5.81. The summed E-state index contributed by atoms with van der Waals surface area (Å²) in [4.78, 5) is 3.83. The topological polar surface area (TPSA) is 4.36 Å². The molecule has 5 heteroatoms. The second-order valence-electron chi connectivity index (χ2n) is 7.48. The van der Waals surface area contributed by atoms with Gasteiger partial charge in [-0.25, -0.2) is 4.85 Å². The molecule has 0 heterocycles. The maximum Gasteiger partial charge on any atom is 0.202 e. The number of halogens is 4. The van der Waals surface area contributed by atoms with Crippen LogP contribution in [-0.4, -0.2) is 0 Å². The van der Waals surface area contributed by atoms with Crippen LogP contribution in [0.5, 0.6) is 0 Å². The highest BCUT2D eigenvalue weighted by Gasteiger charge is 2.24. The highest BCUT2D eigenvalue weighted by Crippen LogP contribution is 2.49. The van der Waals surface area contributed by atoms with E-state index in [1.807, 2.05) is 12.1 Å². The first-order chi connectivity index (χ1) is 13.1. The standard InChI is InChI=1S/C23H17Cl4N/c1-23(2,3)13-11-14(20-16(24)7-5-8-17(20)25)22(28-4)15(12-13)21-18(26)9-6-10-19(21)27/h5-12H,1-3H3. The van der Waals surface area contributed by atoms with Crippen LogP contribution in [0.4, 0.5) is 5.69 Å². The molecule has 0 amide bonds. The van der Waals surface area contributed by atoms with Crippen LogP contribution in [0.3, 0.4) is 0 Å². The quantitative estimate of drug-likeness (QED) is 0.343. The molecule has 0 saturated carbocycles.